The minimum absolute atomic E-state index is 0.241. The highest BCUT2D eigenvalue weighted by Crippen LogP contribution is 2.41. The number of carbonyl (C=O) groups excluding carboxylic acids is 2. The van der Waals surface area contributed by atoms with Gasteiger partial charge in [-0.1, -0.05) is 60.1 Å². The van der Waals surface area contributed by atoms with Gasteiger partial charge in [0.25, 0.3) is 5.91 Å². The SMILES string of the molecule is CCOC(=O)c1c(NC(=O)c2cccc3ccccc23)sc(C)c1-c1ccc(Cl)cc1. The van der Waals surface area contributed by atoms with E-state index in [4.69, 9.17) is 16.3 Å². The molecule has 4 aromatic rings. The number of carbonyl (C=O) groups is 2. The van der Waals surface area contributed by atoms with Crippen molar-refractivity contribution in [1.82, 2.24) is 0 Å². The number of esters is 1. The van der Waals surface area contributed by atoms with E-state index >= 15 is 0 Å². The number of ether oxygens (including phenoxy) is 1. The van der Waals surface area contributed by atoms with Crippen molar-refractivity contribution in [3.05, 3.63) is 87.8 Å². The van der Waals surface area contributed by atoms with Crippen LogP contribution >= 0.6 is 22.9 Å². The third kappa shape index (κ3) is 4.20. The van der Waals surface area contributed by atoms with Crippen LogP contribution in [0.3, 0.4) is 0 Å². The summed E-state index contributed by atoms with van der Waals surface area (Å²) in [5, 5.41) is 5.86. The van der Waals surface area contributed by atoms with Gasteiger partial charge in [0.15, 0.2) is 0 Å². The zero-order valence-corrected chi connectivity index (χ0v) is 18.6. The molecule has 31 heavy (non-hydrogen) atoms. The van der Waals surface area contributed by atoms with E-state index in [9.17, 15) is 9.59 Å². The number of amides is 1. The van der Waals surface area contributed by atoms with Gasteiger partial charge in [-0.15, -0.1) is 11.3 Å². The lowest BCUT2D eigenvalue weighted by atomic mass is 10.0. The summed E-state index contributed by atoms with van der Waals surface area (Å²) >= 11 is 7.39. The molecule has 0 spiro atoms. The topological polar surface area (TPSA) is 55.4 Å². The standard InChI is InChI=1S/C25H20ClNO3S/c1-3-30-25(29)22-21(17-11-13-18(26)14-12-17)15(2)31-24(22)27-23(28)20-10-6-8-16-7-4-5-9-19(16)20/h4-14H,3H2,1-2H3,(H,27,28). The monoisotopic (exact) mass is 449 g/mol. The van der Waals surface area contributed by atoms with Crippen molar-refractivity contribution in [2.45, 2.75) is 13.8 Å². The summed E-state index contributed by atoms with van der Waals surface area (Å²) in [7, 11) is 0. The van der Waals surface area contributed by atoms with E-state index in [1.165, 1.54) is 11.3 Å². The number of fused-ring (bicyclic) bond motifs is 1. The molecule has 4 nitrogen and oxygen atoms in total. The molecule has 0 aliphatic carbocycles. The fourth-order valence-electron chi connectivity index (χ4n) is 3.59. The van der Waals surface area contributed by atoms with Crippen LogP contribution in [0.2, 0.25) is 5.02 Å². The summed E-state index contributed by atoms with van der Waals surface area (Å²) in [6.45, 7) is 3.92. The molecule has 0 saturated carbocycles. The smallest absolute Gasteiger partial charge is 0.341 e. The Balaban J connectivity index is 1.79. The van der Waals surface area contributed by atoms with E-state index in [0.29, 0.717) is 21.2 Å². The van der Waals surface area contributed by atoms with Crippen LogP contribution in [0.5, 0.6) is 0 Å². The Morgan fingerprint density at radius 1 is 1.00 bits per heavy atom. The first kappa shape index (κ1) is 21.1. The fourth-order valence-corrected chi connectivity index (χ4v) is 4.77. The lowest BCUT2D eigenvalue weighted by molar-refractivity contribution is 0.0529. The number of benzene rings is 3. The highest BCUT2D eigenvalue weighted by molar-refractivity contribution is 7.17. The number of hydrogen-bond acceptors (Lipinski definition) is 4. The van der Waals surface area contributed by atoms with E-state index in [2.05, 4.69) is 5.32 Å². The summed E-state index contributed by atoms with van der Waals surface area (Å²) in [6.07, 6.45) is 0. The maximum atomic E-state index is 13.2. The van der Waals surface area contributed by atoms with Gasteiger partial charge in [-0.2, -0.15) is 0 Å². The number of hydrogen-bond donors (Lipinski definition) is 1. The molecule has 0 aliphatic heterocycles. The zero-order valence-electron chi connectivity index (χ0n) is 17.1. The van der Waals surface area contributed by atoms with Crippen LogP contribution in [0.1, 0.15) is 32.5 Å². The van der Waals surface area contributed by atoms with E-state index in [1.807, 2.05) is 55.5 Å². The van der Waals surface area contributed by atoms with Gasteiger partial charge in [-0.25, -0.2) is 4.79 Å². The van der Waals surface area contributed by atoms with Crippen LogP contribution in [0, 0.1) is 6.92 Å². The molecule has 0 aliphatic rings. The molecule has 0 saturated heterocycles. The quantitative estimate of drug-likeness (QED) is 0.335. The van der Waals surface area contributed by atoms with Gasteiger partial charge in [0.05, 0.1) is 6.61 Å². The third-order valence-electron chi connectivity index (χ3n) is 4.96. The molecule has 1 amide bonds. The number of thiophene rings is 1. The van der Waals surface area contributed by atoms with E-state index in [-0.39, 0.29) is 12.5 Å². The second kappa shape index (κ2) is 8.92. The third-order valence-corrected chi connectivity index (χ3v) is 6.23. The van der Waals surface area contributed by atoms with Crippen LogP contribution in [0.25, 0.3) is 21.9 Å². The molecule has 0 radical (unpaired) electrons. The first-order valence-corrected chi connectivity index (χ1v) is 11.0. The Bertz CT molecular complexity index is 1270. The molecule has 156 valence electrons. The van der Waals surface area contributed by atoms with Gasteiger partial charge in [-0.3, -0.25) is 4.79 Å². The van der Waals surface area contributed by atoms with Crippen molar-refractivity contribution in [2.75, 3.05) is 11.9 Å². The molecule has 0 fully saturated rings. The lowest BCUT2D eigenvalue weighted by Crippen LogP contribution is -2.15. The predicted molar refractivity (Wildman–Crippen MR) is 127 cm³/mol. The number of anilines is 1. The van der Waals surface area contributed by atoms with Crippen molar-refractivity contribution in [1.29, 1.82) is 0 Å². The molecule has 3 aromatic carbocycles. The number of rotatable bonds is 5. The minimum atomic E-state index is -0.468. The van der Waals surface area contributed by atoms with E-state index in [0.717, 1.165) is 26.8 Å². The minimum Gasteiger partial charge on any atom is -0.462 e. The molecular formula is C25H20ClNO3S. The zero-order chi connectivity index (χ0) is 22.0. The number of nitrogens with one attached hydrogen (secondary N) is 1. The van der Waals surface area contributed by atoms with Crippen LogP contribution in [-0.2, 0) is 4.74 Å². The molecular weight excluding hydrogens is 430 g/mol. The molecule has 1 heterocycles. The van der Waals surface area contributed by atoms with E-state index < -0.39 is 5.97 Å². The molecule has 0 atom stereocenters. The molecule has 0 bridgehead atoms. The first-order valence-electron chi connectivity index (χ1n) is 9.85. The largest absolute Gasteiger partial charge is 0.462 e. The maximum Gasteiger partial charge on any atom is 0.341 e. The second-order valence-corrected chi connectivity index (χ2v) is 8.61. The van der Waals surface area contributed by atoms with Gasteiger partial charge in [0.2, 0.25) is 0 Å². The Morgan fingerprint density at radius 2 is 1.71 bits per heavy atom. The maximum absolute atomic E-state index is 13.2. The highest BCUT2D eigenvalue weighted by Gasteiger charge is 2.26. The summed E-state index contributed by atoms with van der Waals surface area (Å²) in [5.74, 6) is -0.740. The number of halogens is 1. The Labute approximate surface area is 189 Å². The van der Waals surface area contributed by atoms with Crippen LogP contribution in [0.15, 0.2) is 66.7 Å². The number of aryl methyl sites for hydroxylation is 1. The average molecular weight is 450 g/mol. The second-order valence-electron chi connectivity index (χ2n) is 6.95. The summed E-state index contributed by atoms with van der Waals surface area (Å²) in [4.78, 5) is 27.0. The van der Waals surface area contributed by atoms with Gasteiger partial charge in [0, 0.05) is 21.0 Å². The van der Waals surface area contributed by atoms with Crippen molar-refractivity contribution < 1.29 is 14.3 Å². The normalized spacial score (nSPS) is 10.8. The summed E-state index contributed by atoms with van der Waals surface area (Å²) in [5.41, 5.74) is 2.49. The van der Waals surface area contributed by atoms with Crippen LogP contribution < -0.4 is 5.32 Å². The van der Waals surface area contributed by atoms with Gasteiger partial charge >= 0.3 is 5.97 Å². The molecule has 1 N–H and O–H groups in total. The van der Waals surface area contributed by atoms with Crippen molar-refractivity contribution >= 4 is 50.6 Å². The van der Waals surface area contributed by atoms with E-state index in [1.54, 1.807) is 25.1 Å². The summed E-state index contributed by atoms with van der Waals surface area (Å²) in [6, 6.07) is 20.6. The fraction of sp³-hybridized carbons (Fsp3) is 0.120. The Morgan fingerprint density at radius 3 is 2.45 bits per heavy atom. The molecule has 1 aromatic heterocycles. The summed E-state index contributed by atoms with van der Waals surface area (Å²) < 4.78 is 5.32. The van der Waals surface area contributed by atoms with Crippen molar-refractivity contribution in [3.63, 3.8) is 0 Å². The van der Waals surface area contributed by atoms with Gasteiger partial charge in [-0.05, 0) is 48.4 Å². The molecule has 4 rings (SSSR count). The highest BCUT2D eigenvalue weighted by atomic mass is 35.5. The Kier molecular flexibility index (Phi) is 6.07. The van der Waals surface area contributed by atoms with Crippen LogP contribution in [-0.4, -0.2) is 18.5 Å². The van der Waals surface area contributed by atoms with Gasteiger partial charge < -0.3 is 10.1 Å². The predicted octanol–water partition coefficient (Wildman–Crippen LogP) is 6.96. The average Bonchev–Trinajstić information content (AvgIpc) is 3.09. The first-order chi connectivity index (χ1) is 15.0. The molecule has 6 heteroatoms. The Hall–Kier alpha value is -3.15. The van der Waals surface area contributed by atoms with Gasteiger partial charge in [0.1, 0.15) is 10.6 Å². The lowest BCUT2D eigenvalue weighted by Gasteiger charge is -2.10. The van der Waals surface area contributed by atoms with Crippen LogP contribution in [0.4, 0.5) is 5.00 Å². The van der Waals surface area contributed by atoms with Crippen molar-refractivity contribution in [2.24, 2.45) is 0 Å². The molecule has 0 unspecified atom stereocenters. The van der Waals surface area contributed by atoms with Crippen molar-refractivity contribution in [3.8, 4) is 11.1 Å².